The molecule has 0 unspecified atom stereocenters. The second-order valence-electron chi connectivity index (χ2n) is 8.16. The first-order valence-electron chi connectivity index (χ1n) is 11.1. The molecule has 0 spiro atoms. The van der Waals surface area contributed by atoms with Crippen LogP contribution in [0.1, 0.15) is 19.4 Å². The highest BCUT2D eigenvalue weighted by Crippen LogP contribution is 2.32. The molecule has 2 heterocycles. The van der Waals surface area contributed by atoms with Crippen molar-refractivity contribution < 1.29 is 32.2 Å². The average Bonchev–Trinajstić information content (AvgIpc) is 3.30. The molecule has 1 saturated heterocycles. The number of hydrogen-bond donors (Lipinski definition) is 2. The SMILES string of the molecule is CC(C)Oc1ccc(S(=O)(=O)N2CCOCC2)cc1NCC(=O)NCc1ccc2c(c1)OCO2. The van der Waals surface area contributed by atoms with E-state index in [1.54, 1.807) is 12.1 Å². The number of hydrogen-bond acceptors (Lipinski definition) is 8. The normalized spacial score (nSPS) is 15.9. The third-order valence-corrected chi connectivity index (χ3v) is 7.18. The second kappa shape index (κ2) is 10.5. The lowest BCUT2D eigenvalue weighted by Crippen LogP contribution is -2.40. The highest BCUT2D eigenvalue weighted by atomic mass is 32.2. The van der Waals surface area contributed by atoms with Crippen LogP contribution in [0.15, 0.2) is 41.3 Å². The Bertz CT molecular complexity index is 1130. The summed E-state index contributed by atoms with van der Waals surface area (Å²) in [5.74, 6) is 1.55. The minimum absolute atomic E-state index is 0.0555. The Morgan fingerprint density at radius 2 is 1.85 bits per heavy atom. The van der Waals surface area contributed by atoms with E-state index < -0.39 is 10.0 Å². The molecule has 2 aromatic carbocycles. The van der Waals surface area contributed by atoms with Crippen LogP contribution < -0.4 is 24.8 Å². The van der Waals surface area contributed by atoms with Crippen molar-refractivity contribution >= 4 is 21.6 Å². The van der Waals surface area contributed by atoms with Crippen molar-refractivity contribution in [1.29, 1.82) is 0 Å². The third-order valence-electron chi connectivity index (χ3n) is 5.29. The van der Waals surface area contributed by atoms with Crippen LogP contribution in [0.2, 0.25) is 0 Å². The van der Waals surface area contributed by atoms with Crippen LogP contribution in [0.25, 0.3) is 0 Å². The summed E-state index contributed by atoms with van der Waals surface area (Å²) in [5.41, 5.74) is 1.31. The van der Waals surface area contributed by atoms with Gasteiger partial charge in [-0.15, -0.1) is 0 Å². The Labute approximate surface area is 199 Å². The maximum Gasteiger partial charge on any atom is 0.243 e. The molecule has 4 rings (SSSR count). The van der Waals surface area contributed by atoms with Crippen molar-refractivity contribution in [3.63, 3.8) is 0 Å². The smallest absolute Gasteiger partial charge is 0.243 e. The molecule has 2 aliphatic rings. The summed E-state index contributed by atoms with van der Waals surface area (Å²) in [4.78, 5) is 12.6. The van der Waals surface area contributed by atoms with E-state index in [1.165, 1.54) is 16.4 Å². The van der Waals surface area contributed by atoms with E-state index >= 15 is 0 Å². The molecule has 0 aliphatic carbocycles. The fourth-order valence-corrected chi connectivity index (χ4v) is 5.02. The van der Waals surface area contributed by atoms with Gasteiger partial charge in [-0.25, -0.2) is 8.42 Å². The number of carbonyl (C=O) groups is 1. The molecule has 1 amide bonds. The Morgan fingerprint density at radius 1 is 1.09 bits per heavy atom. The number of fused-ring (bicyclic) bond motifs is 1. The lowest BCUT2D eigenvalue weighted by Gasteiger charge is -2.26. The second-order valence-corrected chi connectivity index (χ2v) is 10.1. The number of anilines is 1. The van der Waals surface area contributed by atoms with E-state index in [9.17, 15) is 13.2 Å². The van der Waals surface area contributed by atoms with Crippen molar-refractivity contribution in [3.8, 4) is 17.2 Å². The van der Waals surface area contributed by atoms with Gasteiger partial charge in [0, 0.05) is 19.6 Å². The van der Waals surface area contributed by atoms with Crippen molar-refractivity contribution in [2.75, 3.05) is 45.0 Å². The summed E-state index contributed by atoms with van der Waals surface area (Å²) in [6, 6.07) is 10.1. The number of carbonyl (C=O) groups excluding carboxylic acids is 1. The van der Waals surface area contributed by atoms with Crippen LogP contribution in [0.3, 0.4) is 0 Å². The molecular formula is C23H29N3O7S. The molecule has 2 aromatic rings. The van der Waals surface area contributed by atoms with E-state index in [0.717, 1.165) is 5.56 Å². The van der Waals surface area contributed by atoms with Crippen LogP contribution in [-0.2, 0) is 26.1 Å². The fourth-order valence-electron chi connectivity index (χ4n) is 3.59. The molecule has 2 aliphatic heterocycles. The summed E-state index contributed by atoms with van der Waals surface area (Å²) >= 11 is 0. The Hall–Kier alpha value is -3.02. The minimum atomic E-state index is -3.68. The van der Waals surface area contributed by atoms with Gasteiger partial charge < -0.3 is 29.6 Å². The van der Waals surface area contributed by atoms with E-state index in [4.69, 9.17) is 18.9 Å². The summed E-state index contributed by atoms with van der Waals surface area (Å²) in [6.45, 7) is 5.54. The number of amides is 1. The Kier molecular flexibility index (Phi) is 7.44. The van der Waals surface area contributed by atoms with Gasteiger partial charge >= 0.3 is 0 Å². The number of benzene rings is 2. The maximum absolute atomic E-state index is 13.1. The molecule has 1 fully saturated rings. The number of nitrogens with zero attached hydrogens (tertiary/aromatic N) is 1. The lowest BCUT2D eigenvalue weighted by atomic mass is 10.2. The molecule has 0 saturated carbocycles. The van der Waals surface area contributed by atoms with Gasteiger partial charge in [-0.1, -0.05) is 6.07 Å². The maximum atomic E-state index is 13.1. The number of sulfonamides is 1. The topological polar surface area (TPSA) is 115 Å². The van der Waals surface area contributed by atoms with Crippen LogP contribution in [-0.4, -0.2) is 64.4 Å². The molecule has 0 atom stereocenters. The largest absolute Gasteiger partial charge is 0.489 e. The zero-order chi connectivity index (χ0) is 24.1. The van der Waals surface area contributed by atoms with Gasteiger partial charge in [-0.2, -0.15) is 4.31 Å². The van der Waals surface area contributed by atoms with Gasteiger partial charge in [-0.3, -0.25) is 4.79 Å². The lowest BCUT2D eigenvalue weighted by molar-refractivity contribution is -0.119. The minimum Gasteiger partial charge on any atom is -0.489 e. The van der Waals surface area contributed by atoms with E-state index in [1.807, 2.05) is 26.0 Å². The number of rotatable bonds is 9. The fraction of sp³-hybridized carbons (Fsp3) is 0.435. The zero-order valence-corrected chi connectivity index (χ0v) is 20.0. The Morgan fingerprint density at radius 3 is 2.62 bits per heavy atom. The molecular weight excluding hydrogens is 462 g/mol. The van der Waals surface area contributed by atoms with Gasteiger partial charge in [0.1, 0.15) is 5.75 Å². The van der Waals surface area contributed by atoms with Crippen molar-refractivity contribution in [3.05, 3.63) is 42.0 Å². The summed E-state index contributed by atoms with van der Waals surface area (Å²) < 4.78 is 49.2. The summed E-state index contributed by atoms with van der Waals surface area (Å²) in [5, 5.41) is 5.86. The molecule has 2 N–H and O–H groups in total. The van der Waals surface area contributed by atoms with E-state index in [0.29, 0.717) is 55.8 Å². The van der Waals surface area contributed by atoms with Gasteiger partial charge in [0.05, 0.1) is 36.4 Å². The average molecular weight is 492 g/mol. The van der Waals surface area contributed by atoms with Crippen molar-refractivity contribution in [1.82, 2.24) is 9.62 Å². The first-order chi connectivity index (χ1) is 16.3. The van der Waals surface area contributed by atoms with Crippen LogP contribution in [0, 0.1) is 0 Å². The van der Waals surface area contributed by atoms with Crippen molar-refractivity contribution in [2.45, 2.75) is 31.4 Å². The Balaban J connectivity index is 1.42. The predicted octanol–water partition coefficient (Wildman–Crippen LogP) is 1.95. The van der Waals surface area contributed by atoms with E-state index in [-0.39, 0.29) is 30.2 Å². The standard InChI is InChI=1S/C23H29N3O7S/c1-16(2)33-20-6-4-18(34(28,29)26-7-9-30-10-8-26)12-19(20)24-14-23(27)25-13-17-3-5-21-22(11-17)32-15-31-21/h3-6,11-12,16,24H,7-10,13-15H2,1-2H3,(H,25,27). The zero-order valence-electron chi connectivity index (χ0n) is 19.2. The third kappa shape index (κ3) is 5.72. The first kappa shape index (κ1) is 24.1. The number of nitrogens with one attached hydrogen (secondary N) is 2. The number of morpholine rings is 1. The van der Waals surface area contributed by atoms with Gasteiger partial charge in [0.2, 0.25) is 22.7 Å². The molecule has 184 valence electrons. The summed E-state index contributed by atoms with van der Waals surface area (Å²) in [7, 11) is -3.68. The van der Waals surface area contributed by atoms with E-state index in [2.05, 4.69) is 10.6 Å². The molecule has 0 bridgehead atoms. The summed E-state index contributed by atoms with van der Waals surface area (Å²) in [6.07, 6.45) is -0.123. The highest BCUT2D eigenvalue weighted by molar-refractivity contribution is 7.89. The van der Waals surface area contributed by atoms with Crippen LogP contribution >= 0.6 is 0 Å². The van der Waals surface area contributed by atoms with Crippen LogP contribution in [0.4, 0.5) is 5.69 Å². The molecule has 0 radical (unpaired) electrons. The monoisotopic (exact) mass is 491 g/mol. The molecule has 34 heavy (non-hydrogen) atoms. The molecule has 11 heteroatoms. The van der Waals surface area contributed by atoms with Gasteiger partial charge in [0.15, 0.2) is 11.5 Å². The van der Waals surface area contributed by atoms with Crippen LogP contribution in [0.5, 0.6) is 17.2 Å². The van der Waals surface area contributed by atoms with Crippen molar-refractivity contribution in [2.24, 2.45) is 0 Å². The first-order valence-corrected chi connectivity index (χ1v) is 12.5. The highest BCUT2D eigenvalue weighted by Gasteiger charge is 2.27. The quantitative estimate of drug-likeness (QED) is 0.547. The van der Waals surface area contributed by atoms with Gasteiger partial charge in [-0.05, 0) is 49.7 Å². The predicted molar refractivity (Wildman–Crippen MR) is 125 cm³/mol. The molecule has 0 aromatic heterocycles. The molecule has 10 nitrogen and oxygen atoms in total. The van der Waals surface area contributed by atoms with Gasteiger partial charge in [0.25, 0.3) is 0 Å². The number of ether oxygens (including phenoxy) is 4.